The van der Waals surface area contributed by atoms with E-state index in [2.05, 4.69) is 10.3 Å². The number of aromatic nitrogens is 1. The minimum absolute atomic E-state index is 0.175. The third-order valence-corrected chi connectivity index (χ3v) is 4.15. The van der Waals surface area contributed by atoms with E-state index in [1.54, 1.807) is 36.5 Å². The Bertz CT molecular complexity index is 777. The highest BCUT2D eigenvalue weighted by Crippen LogP contribution is 2.22. The van der Waals surface area contributed by atoms with Gasteiger partial charge in [-0.2, -0.15) is 0 Å². The van der Waals surface area contributed by atoms with Crippen molar-refractivity contribution in [2.75, 3.05) is 33.4 Å². The first-order valence-corrected chi connectivity index (χ1v) is 8.47. The first-order valence-electron chi connectivity index (χ1n) is 8.47. The monoisotopic (exact) mass is 355 g/mol. The molecule has 1 saturated heterocycles. The molecule has 1 N–H and O–H groups in total. The number of carbonyl (C=O) groups excluding carboxylic acids is 2. The molecule has 1 aromatic heterocycles. The van der Waals surface area contributed by atoms with Crippen molar-refractivity contribution >= 4 is 12.0 Å². The highest BCUT2D eigenvalue weighted by Gasteiger charge is 2.19. The van der Waals surface area contributed by atoms with Crippen LogP contribution in [-0.4, -0.2) is 55.2 Å². The summed E-state index contributed by atoms with van der Waals surface area (Å²) in [6.45, 7) is 1.96. The van der Waals surface area contributed by atoms with Gasteiger partial charge in [0.05, 0.1) is 19.9 Å². The summed E-state index contributed by atoms with van der Waals surface area (Å²) in [6.07, 6.45) is 3.89. The molecule has 0 spiro atoms. The molecule has 7 nitrogen and oxygen atoms in total. The van der Waals surface area contributed by atoms with Gasteiger partial charge < -0.3 is 19.7 Å². The molecule has 0 saturated carbocycles. The van der Waals surface area contributed by atoms with Crippen molar-refractivity contribution in [3.8, 4) is 16.9 Å². The summed E-state index contributed by atoms with van der Waals surface area (Å²) in [5.41, 5.74) is 2.43. The standard InChI is InChI=1S/C19H21N3O4/c1-25-17-11-16(12-20-13-17)14-3-5-15(6-4-14)18(23)21-7-9-22-8-2-10-26-19(22)24/h3-6,11-13H,2,7-10H2,1H3,(H,21,23). The second-order valence-electron chi connectivity index (χ2n) is 5.90. The predicted octanol–water partition coefficient (Wildman–Crippen LogP) is 2.33. The molecule has 1 fully saturated rings. The molecule has 7 heteroatoms. The Balaban J connectivity index is 1.55. The third kappa shape index (κ3) is 4.30. The number of ether oxygens (including phenoxy) is 2. The van der Waals surface area contributed by atoms with Crippen molar-refractivity contribution in [1.82, 2.24) is 15.2 Å². The van der Waals surface area contributed by atoms with E-state index in [4.69, 9.17) is 9.47 Å². The van der Waals surface area contributed by atoms with Crippen molar-refractivity contribution in [3.05, 3.63) is 48.3 Å². The van der Waals surface area contributed by atoms with Crippen LogP contribution in [0.25, 0.3) is 11.1 Å². The molecule has 1 aliphatic rings. The van der Waals surface area contributed by atoms with Gasteiger partial charge in [-0.3, -0.25) is 9.78 Å². The molecule has 0 radical (unpaired) electrons. The average molecular weight is 355 g/mol. The van der Waals surface area contributed by atoms with E-state index in [0.717, 1.165) is 17.5 Å². The van der Waals surface area contributed by atoms with Crippen LogP contribution in [0.2, 0.25) is 0 Å². The van der Waals surface area contributed by atoms with Gasteiger partial charge in [0.25, 0.3) is 5.91 Å². The van der Waals surface area contributed by atoms with E-state index in [1.807, 2.05) is 18.2 Å². The number of nitrogens with one attached hydrogen (secondary N) is 1. The fraction of sp³-hybridized carbons (Fsp3) is 0.316. The predicted molar refractivity (Wildman–Crippen MR) is 96.1 cm³/mol. The Labute approximate surface area is 151 Å². The summed E-state index contributed by atoms with van der Waals surface area (Å²) in [6, 6.07) is 9.15. The van der Waals surface area contributed by atoms with E-state index < -0.39 is 0 Å². The summed E-state index contributed by atoms with van der Waals surface area (Å²) >= 11 is 0. The summed E-state index contributed by atoms with van der Waals surface area (Å²) in [5, 5.41) is 2.82. The number of amides is 2. The Kier molecular flexibility index (Phi) is 5.68. The first-order chi connectivity index (χ1) is 12.7. The molecule has 0 unspecified atom stereocenters. The van der Waals surface area contributed by atoms with Crippen molar-refractivity contribution < 1.29 is 19.1 Å². The average Bonchev–Trinajstić information content (AvgIpc) is 2.69. The van der Waals surface area contributed by atoms with Crippen molar-refractivity contribution in [3.63, 3.8) is 0 Å². The summed E-state index contributed by atoms with van der Waals surface area (Å²) in [4.78, 5) is 29.5. The molecule has 1 aromatic carbocycles. The maximum atomic E-state index is 12.2. The van der Waals surface area contributed by atoms with Gasteiger partial charge in [0, 0.05) is 37.0 Å². The van der Waals surface area contributed by atoms with Gasteiger partial charge in [0.2, 0.25) is 0 Å². The largest absolute Gasteiger partial charge is 0.495 e. The van der Waals surface area contributed by atoms with Gasteiger partial charge >= 0.3 is 6.09 Å². The SMILES string of the molecule is COc1cncc(-c2ccc(C(=O)NCCN3CCCOC3=O)cc2)c1. The second kappa shape index (κ2) is 8.33. The molecule has 2 aromatic rings. The third-order valence-electron chi connectivity index (χ3n) is 4.15. The van der Waals surface area contributed by atoms with Gasteiger partial charge in [0.1, 0.15) is 5.75 Å². The van der Waals surface area contributed by atoms with Crippen LogP contribution < -0.4 is 10.1 Å². The minimum atomic E-state index is -0.318. The Morgan fingerprint density at radius 2 is 2.08 bits per heavy atom. The van der Waals surface area contributed by atoms with Gasteiger partial charge in [-0.25, -0.2) is 4.79 Å². The highest BCUT2D eigenvalue weighted by atomic mass is 16.6. The number of carbonyl (C=O) groups is 2. The van der Waals surface area contributed by atoms with E-state index in [1.165, 1.54) is 0 Å². The Morgan fingerprint density at radius 3 is 2.81 bits per heavy atom. The molecule has 1 aliphatic heterocycles. The molecule has 3 rings (SSSR count). The number of pyridine rings is 1. The van der Waals surface area contributed by atoms with E-state index in [9.17, 15) is 9.59 Å². The lowest BCUT2D eigenvalue weighted by Crippen LogP contribution is -2.42. The lowest BCUT2D eigenvalue weighted by Gasteiger charge is -2.26. The van der Waals surface area contributed by atoms with Gasteiger partial charge in [-0.15, -0.1) is 0 Å². The van der Waals surface area contributed by atoms with E-state index in [0.29, 0.717) is 37.6 Å². The maximum absolute atomic E-state index is 12.2. The topological polar surface area (TPSA) is 80.8 Å². The molecule has 0 atom stereocenters. The lowest BCUT2D eigenvalue weighted by atomic mass is 10.1. The molecular formula is C19H21N3O4. The number of benzene rings is 1. The van der Waals surface area contributed by atoms with E-state index in [-0.39, 0.29) is 12.0 Å². The number of hydrogen-bond donors (Lipinski definition) is 1. The normalized spacial score (nSPS) is 13.9. The fourth-order valence-electron chi connectivity index (χ4n) is 2.71. The summed E-state index contributed by atoms with van der Waals surface area (Å²) in [7, 11) is 1.60. The summed E-state index contributed by atoms with van der Waals surface area (Å²) < 4.78 is 10.1. The van der Waals surface area contributed by atoms with Crippen molar-refractivity contribution in [1.29, 1.82) is 0 Å². The molecule has 0 bridgehead atoms. The number of cyclic esters (lactones) is 1. The Morgan fingerprint density at radius 1 is 1.27 bits per heavy atom. The van der Waals surface area contributed by atoms with Gasteiger partial charge in [-0.1, -0.05) is 12.1 Å². The molecule has 0 aliphatic carbocycles. The van der Waals surface area contributed by atoms with Crippen molar-refractivity contribution in [2.24, 2.45) is 0 Å². The van der Waals surface area contributed by atoms with Crippen LogP contribution in [0.3, 0.4) is 0 Å². The highest BCUT2D eigenvalue weighted by molar-refractivity contribution is 5.94. The van der Waals surface area contributed by atoms with Crippen LogP contribution in [0.4, 0.5) is 4.79 Å². The van der Waals surface area contributed by atoms with Crippen LogP contribution in [0, 0.1) is 0 Å². The van der Waals surface area contributed by atoms with Crippen LogP contribution in [0.15, 0.2) is 42.7 Å². The molecule has 2 heterocycles. The second-order valence-corrected chi connectivity index (χ2v) is 5.90. The fourth-order valence-corrected chi connectivity index (χ4v) is 2.71. The number of hydrogen-bond acceptors (Lipinski definition) is 5. The van der Waals surface area contributed by atoms with Crippen LogP contribution in [0.1, 0.15) is 16.8 Å². The van der Waals surface area contributed by atoms with Crippen molar-refractivity contribution in [2.45, 2.75) is 6.42 Å². The number of rotatable bonds is 6. The smallest absolute Gasteiger partial charge is 0.409 e. The number of methoxy groups -OCH3 is 1. The number of nitrogens with zero attached hydrogens (tertiary/aromatic N) is 2. The first kappa shape index (κ1) is 17.7. The van der Waals surface area contributed by atoms with Gasteiger partial charge in [0.15, 0.2) is 0 Å². The summed E-state index contributed by atoms with van der Waals surface area (Å²) in [5.74, 6) is 0.506. The Hall–Kier alpha value is -3.09. The zero-order valence-corrected chi connectivity index (χ0v) is 14.6. The van der Waals surface area contributed by atoms with Crippen LogP contribution in [-0.2, 0) is 4.74 Å². The zero-order valence-electron chi connectivity index (χ0n) is 14.6. The molecule has 2 amide bonds. The van der Waals surface area contributed by atoms with E-state index >= 15 is 0 Å². The molecule has 26 heavy (non-hydrogen) atoms. The van der Waals surface area contributed by atoms with Crippen LogP contribution >= 0.6 is 0 Å². The zero-order chi connectivity index (χ0) is 18.4. The molecule has 136 valence electrons. The maximum Gasteiger partial charge on any atom is 0.409 e. The molecular weight excluding hydrogens is 334 g/mol. The lowest BCUT2D eigenvalue weighted by molar-refractivity contribution is 0.0719. The van der Waals surface area contributed by atoms with Gasteiger partial charge in [-0.05, 0) is 30.2 Å². The minimum Gasteiger partial charge on any atom is -0.495 e. The quantitative estimate of drug-likeness (QED) is 0.860. The van der Waals surface area contributed by atoms with Crippen LogP contribution in [0.5, 0.6) is 5.75 Å².